The first kappa shape index (κ1) is 1060. The second kappa shape index (κ2) is 830. The monoisotopic (exact) mass is 252 g/mol. The minimum atomic E-state index is 0. The summed E-state index contributed by atoms with van der Waals surface area (Å²) in [6.07, 6.45) is 0. The van der Waals surface area contributed by atoms with E-state index in [0.29, 0.717) is 0 Å². The van der Waals surface area contributed by atoms with Crippen molar-refractivity contribution in [1.82, 2.24) is 0 Å². The van der Waals surface area contributed by atoms with Crippen LogP contribution in [0.3, 0.4) is 0 Å². The van der Waals surface area contributed by atoms with Gasteiger partial charge in [-0.25, -0.2) is 0 Å². The normalized spacial score (nSPS) is 0. The van der Waals surface area contributed by atoms with Gasteiger partial charge in [-0.1, -0.05) is 0 Å². The van der Waals surface area contributed by atoms with Crippen molar-refractivity contribution in [2.45, 2.75) is 0 Å². The van der Waals surface area contributed by atoms with E-state index >= 15 is 0 Å². The minimum Gasteiger partial charge on any atom is -1.00 e. The summed E-state index contributed by atoms with van der Waals surface area (Å²) in [5, 5.41) is 0. The van der Waals surface area contributed by atoms with Gasteiger partial charge in [-0.3, -0.25) is 0 Å². The Balaban J connectivity index is 0. The third-order valence-corrected chi connectivity index (χ3v) is 0. The first-order valence-electron chi connectivity index (χ1n) is 0. The first-order valence-corrected chi connectivity index (χ1v) is 0. The van der Waals surface area contributed by atoms with Gasteiger partial charge in [0.15, 0.2) is 17.4 Å². The molecule has 0 saturated carbocycles. The van der Waals surface area contributed by atoms with Crippen molar-refractivity contribution in [3.63, 3.8) is 0 Å². The summed E-state index contributed by atoms with van der Waals surface area (Å²) in [7, 11) is 0. The molecule has 0 amide bonds. The smallest absolute Gasteiger partial charge is 1.00 e. The average Bonchev–Trinajstić information content (AvgIpc) is 0. The molecular formula is H25AlCaO10. The van der Waals surface area contributed by atoms with E-state index in [1.54, 1.807) is 0 Å². The van der Waals surface area contributed by atoms with Crippen LogP contribution in [0.4, 0.5) is 0 Å². The molecule has 0 aliphatic heterocycles. The van der Waals surface area contributed by atoms with Crippen LogP contribution in [0.25, 0.3) is 0 Å². The fourth-order valence-corrected chi connectivity index (χ4v) is 0. The zero-order valence-electron chi connectivity index (χ0n) is 7.71. The fourth-order valence-electron chi connectivity index (χ4n) is 0. The molecule has 0 spiro atoms. The van der Waals surface area contributed by atoms with Crippen LogP contribution in [0.1, 0.15) is 2.85 Å². The fraction of sp³-hybridized carbons (Fsp3) is 0. The van der Waals surface area contributed by atoms with Crippen molar-refractivity contribution in [1.29, 1.82) is 0 Å². The van der Waals surface area contributed by atoms with Gasteiger partial charge in [-0.05, 0) is 0 Å². The van der Waals surface area contributed by atoms with E-state index in [9.17, 15) is 0 Å². The second-order valence-electron chi connectivity index (χ2n) is 0. The molecule has 12 heavy (non-hydrogen) atoms. The summed E-state index contributed by atoms with van der Waals surface area (Å²) < 4.78 is 0. The van der Waals surface area contributed by atoms with Crippen LogP contribution in [0, 0.1) is 0 Å². The van der Waals surface area contributed by atoms with Crippen LogP contribution in [0.5, 0.6) is 0 Å². The maximum atomic E-state index is 0. The third-order valence-electron chi connectivity index (χ3n) is 0. The molecule has 0 saturated heterocycles. The van der Waals surface area contributed by atoms with Crippen LogP contribution in [0.2, 0.25) is 0 Å². The van der Waals surface area contributed by atoms with Crippen LogP contribution in [-0.2, 0) is 0 Å². The molecule has 0 rings (SSSR count). The number of hydrogen-bond donors (Lipinski definition) is 0. The Morgan fingerprint density at radius 3 is 0.333 bits per heavy atom. The summed E-state index contributed by atoms with van der Waals surface area (Å²) in [6, 6.07) is 0. The molecular weight excluding hydrogens is 227 g/mol. The Hall–Kier alpha value is 1.39. The van der Waals surface area contributed by atoms with E-state index in [-0.39, 0.29) is 113 Å². The Bertz CT molecular complexity index is 18.1. The van der Waals surface area contributed by atoms with Gasteiger partial charge >= 0.3 is 37.7 Å². The molecule has 0 bridgehead atoms. The summed E-state index contributed by atoms with van der Waals surface area (Å²) in [4.78, 5) is 0. The van der Waals surface area contributed by atoms with Gasteiger partial charge in [0.2, 0.25) is 0 Å². The van der Waals surface area contributed by atoms with Crippen LogP contribution in [-0.4, -0.2) is 110 Å². The van der Waals surface area contributed by atoms with Gasteiger partial charge in [-0.2, -0.15) is 0 Å². The topological polar surface area (TPSA) is 315 Å². The standard InChI is InChI=1S/Al.Ca.10H2O.5H/h;;10*1H2;;;;;/q;+2;;;;;;;;;;;;;;2*-1. The van der Waals surface area contributed by atoms with E-state index < -0.39 is 0 Å². The molecule has 0 aliphatic rings. The predicted molar refractivity (Wildman–Crippen MR) is 54.1 cm³/mol. The molecule has 0 heterocycles. The van der Waals surface area contributed by atoms with E-state index in [2.05, 4.69) is 0 Å². The average molecular weight is 252 g/mol. The second-order valence-corrected chi connectivity index (χ2v) is 0. The molecule has 12 heteroatoms. The Kier molecular flexibility index (Phi) is 73400. The zero-order chi connectivity index (χ0) is 0. The number of hydrogen-bond acceptors (Lipinski definition) is 0. The van der Waals surface area contributed by atoms with Crippen molar-refractivity contribution in [3.05, 3.63) is 0 Å². The predicted octanol–water partition coefficient (Wildman–Crippen LogP) is -9.59. The summed E-state index contributed by atoms with van der Waals surface area (Å²) >= 11 is 0. The van der Waals surface area contributed by atoms with Gasteiger partial charge in [0.25, 0.3) is 0 Å². The molecule has 10 nitrogen and oxygen atoms in total. The van der Waals surface area contributed by atoms with Gasteiger partial charge in [0, 0.05) is 0 Å². The SMILES string of the molecule is O.O.O.O.O.O.O.O.O.O.[AlH3].[Ca+2].[H-].[H-]. The Labute approximate surface area is 112 Å². The molecule has 20 N–H and O–H groups in total. The maximum absolute atomic E-state index is 0. The van der Waals surface area contributed by atoms with Crippen molar-refractivity contribution < 1.29 is 57.6 Å². The molecule has 0 radical (unpaired) electrons. The molecule has 0 atom stereocenters. The van der Waals surface area contributed by atoms with E-state index in [0.717, 1.165) is 0 Å². The third kappa shape index (κ3) is 635. The van der Waals surface area contributed by atoms with Crippen LogP contribution < -0.4 is 0 Å². The summed E-state index contributed by atoms with van der Waals surface area (Å²) in [5.41, 5.74) is 0. The van der Waals surface area contributed by atoms with E-state index in [1.165, 1.54) is 0 Å². The summed E-state index contributed by atoms with van der Waals surface area (Å²) in [6.45, 7) is 0. The van der Waals surface area contributed by atoms with Crippen molar-refractivity contribution in [2.75, 3.05) is 0 Å². The Morgan fingerprint density at radius 1 is 0.333 bits per heavy atom. The quantitative estimate of drug-likeness (QED) is 0.362. The molecule has 0 fully saturated rings. The largest absolute Gasteiger partial charge is 2.00 e. The molecule has 90 valence electrons. The van der Waals surface area contributed by atoms with Crippen LogP contribution in [0.15, 0.2) is 0 Å². The van der Waals surface area contributed by atoms with Crippen molar-refractivity contribution in [2.24, 2.45) is 0 Å². The Morgan fingerprint density at radius 2 is 0.333 bits per heavy atom. The van der Waals surface area contributed by atoms with Crippen molar-refractivity contribution in [3.8, 4) is 0 Å². The first-order chi connectivity index (χ1) is 0. The van der Waals surface area contributed by atoms with Gasteiger partial charge in [0.05, 0.1) is 0 Å². The molecule has 0 aromatic carbocycles. The zero-order valence-corrected chi connectivity index (χ0v) is 7.92. The minimum absolute atomic E-state index is 0. The van der Waals surface area contributed by atoms with Crippen LogP contribution >= 0.6 is 0 Å². The molecule has 0 aliphatic carbocycles. The number of rotatable bonds is 0. The van der Waals surface area contributed by atoms with Crippen molar-refractivity contribution >= 4 is 55.1 Å². The van der Waals surface area contributed by atoms with E-state index in [4.69, 9.17) is 0 Å². The maximum Gasteiger partial charge on any atom is 2.00 e. The molecule has 0 unspecified atom stereocenters. The van der Waals surface area contributed by atoms with E-state index in [1.807, 2.05) is 0 Å². The molecule has 0 aromatic heterocycles. The molecule has 0 aromatic rings. The van der Waals surface area contributed by atoms with Gasteiger partial charge < -0.3 is 57.6 Å². The van der Waals surface area contributed by atoms with Gasteiger partial charge in [0.1, 0.15) is 0 Å². The summed E-state index contributed by atoms with van der Waals surface area (Å²) in [5.74, 6) is 0. The van der Waals surface area contributed by atoms with Gasteiger partial charge in [-0.15, -0.1) is 0 Å².